The average Bonchev–Trinajstić information content (AvgIpc) is 3.17. The van der Waals surface area contributed by atoms with E-state index in [1.165, 1.54) is 23.5 Å². The number of rotatable bonds is 2. The first-order valence-corrected chi connectivity index (χ1v) is 9.87. The number of amides is 2. The molecule has 0 saturated carbocycles. The van der Waals surface area contributed by atoms with Crippen molar-refractivity contribution in [2.24, 2.45) is 5.92 Å². The van der Waals surface area contributed by atoms with Gasteiger partial charge in [-0.15, -0.1) is 0 Å². The zero-order valence-electron chi connectivity index (χ0n) is 15.5. The number of halogens is 2. The monoisotopic (exact) mass is 444 g/mol. The van der Waals surface area contributed by atoms with Crippen LogP contribution in [0.5, 0.6) is 0 Å². The largest absolute Gasteiger partial charge is 0.464 e. The van der Waals surface area contributed by atoms with Gasteiger partial charge >= 0.3 is 0 Å². The fraction of sp³-hybridized carbons (Fsp3) is 0.190. The highest BCUT2D eigenvalue weighted by Gasteiger charge is 2.60. The summed E-state index contributed by atoms with van der Waals surface area (Å²) in [5, 5.41) is 2.30. The number of hydrogen-bond donors (Lipinski definition) is 0. The zero-order chi connectivity index (χ0) is 21.2. The number of carbonyl (C=O) groups is 2. The molecule has 7 nitrogen and oxygen atoms in total. The Balaban J connectivity index is 1.60. The Hall–Kier alpha value is -2.71. The first-order chi connectivity index (χ1) is 14.4. The van der Waals surface area contributed by atoms with E-state index in [0.29, 0.717) is 16.0 Å². The minimum Gasteiger partial charge on any atom is -0.464 e. The molecule has 30 heavy (non-hydrogen) atoms. The molecule has 9 heteroatoms. The average molecular weight is 445 g/mol. The summed E-state index contributed by atoms with van der Waals surface area (Å²) in [4.78, 5) is 46.1. The highest BCUT2D eigenvalue weighted by Crippen LogP contribution is 2.45. The van der Waals surface area contributed by atoms with Crippen molar-refractivity contribution < 1.29 is 18.8 Å². The maximum atomic E-state index is 13.3. The van der Waals surface area contributed by atoms with Crippen molar-refractivity contribution in [1.29, 1.82) is 0 Å². The van der Waals surface area contributed by atoms with E-state index in [-0.39, 0.29) is 21.7 Å². The Bertz CT molecular complexity index is 1270. The lowest BCUT2D eigenvalue weighted by molar-refractivity contribution is -0.160. The van der Waals surface area contributed by atoms with Crippen molar-refractivity contribution in [3.05, 3.63) is 74.6 Å². The third kappa shape index (κ3) is 2.70. The fourth-order valence-electron chi connectivity index (χ4n) is 4.14. The van der Waals surface area contributed by atoms with Gasteiger partial charge in [0.15, 0.2) is 11.5 Å². The van der Waals surface area contributed by atoms with Gasteiger partial charge in [-0.25, -0.2) is 4.90 Å². The molecule has 0 bridgehead atoms. The van der Waals surface area contributed by atoms with E-state index < -0.39 is 29.9 Å². The Morgan fingerprint density at radius 3 is 2.53 bits per heavy atom. The summed E-state index contributed by atoms with van der Waals surface area (Å²) >= 11 is 12.2. The Kier molecular flexibility index (Phi) is 4.44. The van der Waals surface area contributed by atoms with E-state index in [1.807, 2.05) is 0 Å². The molecule has 0 unspecified atom stereocenters. The molecule has 2 saturated heterocycles. The molecule has 2 fully saturated rings. The third-order valence-corrected chi connectivity index (χ3v) is 6.02. The predicted molar refractivity (Wildman–Crippen MR) is 110 cm³/mol. The third-order valence-electron chi connectivity index (χ3n) is 5.48. The number of fused-ring (bicyclic) bond motifs is 2. The van der Waals surface area contributed by atoms with Crippen molar-refractivity contribution >= 4 is 51.7 Å². The molecule has 0 aliphatic carbocycles. The van der Waals surface area contributed by atoms with Crippen LogP contribution in [0.3, 0.4) is 0 Å². The summed E-state index contributed by atoms with van der Waals surface area (Å²) in [6.07, 6.45) is 0.262. The standard InChI is InChI=1S/C21H14Cl2N2O5/c1-24-17(12-9-29-15-5-3-2-4-11(15)18(12)26)16-19(30-24)21(28)25(20(16)27)14-7-6-10(22)8-13(14)23/h2-9,16-17,19H,1H3/t16-,17-,19+/m1/s1. The lowest BCUT2D eigenvalue weighted by atomic mass is 9.91. The first kappa shape index (κ1) is 19.3. The summed E-state index contributed by atoms with van der Waals surface area (Å²) < 4.78 is 5.61. The number of imide groups is 1. The molecule has 2 aliphatic heterocycles. The minimum atomic E-state index is -1.06. The smallest absolute Gasteiger partial charge is 0.266 e. The van der Waals surface area contributed by atoms with Gasteiger partial charge in [0.2, 0.25) is 5.91 Å². The van der Waals surface area contributed by atoms with Crippen molar-refractivity contribution in [2.45, 2.75) is 12.1 Å². The minimum absolute atomic E-state index is 0.166. The highest BCUT2D eigenvalue weighted by atomic mass is 35.5. The Labute approximate surface area is 180 Å². The molecule has 1 aromatic heterocycles. The van der Waals surface area contributed by atoms with Crippen LogP contribution < -0.4 is 10.3 Å². The molecule has 0 spiro atoms. The number of benzene rings is 2. The van der Waals surface area contributed by atoms with Gasteiger partial charge in [-0.05, 0) is 30.3 Å². The van der Waals surface area contributed by atoms with Crippen LogP contribution in [-0.2, 0) is 14.4 Å². The lowest BCUT2D eigenvalue weighted by Crippen LogP contribution is -2.37. The van der Waals surface area contributed by atoms with Crippen LogP contribution in [-0.4, -0.2) is 30.0 Å². The van der Waals surface area contributed by atoms with Gasteiger partial charge < -0.3 is 4.42 Å². The van der Waals surface area contributed by atoms with Crippen LogP contribution in [0, 0.1) is 5.92 Å². The Morgan fingerprint density at radius 2 is 1.77 bits per heavy atom. The molecule has 0 radical (unpaired) electrons. The second kappa shape index (κ2) is 6.92. The normalized spacial score (nSPS) is 24.1. The number of anilines is 1. The first-order valence-electron chi connectivity index (χ1n) is 9.11. The van der Waals surface area contributed by atoms with Crippen LogP contribution in [0.4, 0.5) is 5.69 Å². The van der Waals surface area contributed by atoms with Gasteiger partial charge in [0.25, 0.3) is 5.91 Å². The molecule has 3 aromatic rings. The van der Waals surface area contributed by atoms with Crippen LogP contribution in [0.25, 0.3) is 11.0 Å². The molecule has 3 heterocycles. The second-order valence-electron chi connectivity index (χ2n) is 7.17. The molecule has 0 N–H and O–H groups in total. The van der Waals surface area contributed by atoms with Crippen molar-refractivity contribution in [1.82, 2.24) is 5.06 Å². The van der Waals surface area contributed by atoms with Gasteiger partial charge in [-0.3, -0.25) is 19.2 Å². The van der Waals surface area contributed by atoms with Crippen molar-refractivity contribution in [3.8, 4) is 0 Å². The number of hydroxylamine groups is 2. The molecule has 152 valence electrons. The number of hydrogen-bond acceptors (Lipinski definition) is 6. The number of carbonyl (C=O) groups excluding carboxylic acids is 2. The molecule has 3 atom stereocenters. The quantitative estimate of drug-likeness (QED) is 0.562. The predicted octanol–water partition coefficient (Wildman–Crippen LogP) is 3.58. The maximum Gasteiger partial charge on any atom is 0.266 e. The van der Waals surface area contributed by atoms with E-state index >= 15 is 0 Å². The number of nitrogens with zero attached hydrogens (tertiary/aromatic N) is 2. The SMILES string of the molecule is CN1O[C@@H]2C(=O)N(c3ccc(Cl)cc3Cl)C(=O)[C@@H]2[C@H]1c1coc2ccccc2c1=O. The molecular weight excluding hydrogens is 431 g/mol. The summed E-state index contributed by atoms with van der Waals surface area (Å²) in [5.74, 6) is -1.97. The topological polar surface area (TPSA) is 80.1 Å². The van der Waals surface area contributed by atoms with E-state index in [0.717, 1.165) is 4.90 Å². The van der Waals surface area contributed by atoms with Crippen LogP contribution in [0.2, 0.25) is 10.0 Å². The van der Waals surface area contributed by atoms with Gasteiger partial charge in [-0.2, -0.15) is 5.06 Å². The summed E-state index contributed by atoms with van der Waals surface area (Å²) in [6, 6.07) is 10.5. The fourth-order valence-corrected chi connectivity index (χ4v) is 4.63. The van der Waals surface area contributed by atoms with Crippen LogP contribution in [0.15, 0.2) is 57.9 Å². The summed E-state index contributed by atoms with van der Waals surface area (Å²) in [5.41, 5.74) is 0.629. The molecular formula is C21H14Cl2N2O5. The van der Waals surface area contributed by atoms with E-state index in [4.69, 9.17) is 32.5 Å². The van der Waals surface area contributed by atoms with E-state index in [2.05, 4.69) is 0 Å². The van der Waals surface area contributed by atoms with Gasteiger partial charge in [-0.1, -0.05) is 35.3 Å². The lowest BCUT2D eigenvalue weighted by Gasteiger charge is -2.24. The van der Waals surface area contributed by atoms with Crippen LogP contribution >= 0.6 is 23.2 Å². The second-order valence-corrected chi connectivity index (χ2v) is 8.01. The zero-order valence-corrected chi connectivity index (χ0v) is 17.1. The molecule has 2 amide bonds. The summed E-state index contributed by atoms with van der Waals surface area (Å²) in [6.45, 7) is 0. The van der Waals surface area contributed by atoms with Gasteiger partial charge in [0.1, 0.15) is 5.58 Å². The van der Waals surface area contributed by atoms with Crippen molar-refractivity contribution in [2.75, 3.05) is 11.9 Å². The molecule has 5 rings (SSSR count). The molecule has 2 aromatic carbocycles. The van der Waals surface area contributed by atoms with Crippen molar-refractivity contribution in [3.63, 3.8) is 0 Å². The summed E-state index contributed by atoms with van der Waals surface area (Å²) in [7, 11) is 1.58. The van der Waals surface area contributed by atoms with E-state index in [1.54, 1.807) is 37.4 Å². The maximum absolute atomic E-state index is 13.3. The van der Waals surface area contributed by atoms with Gasteiger partial charge in [0, 0.05) is 12.1 Å². The van der Waals surface area contributed by atoms with E-state index in [9.17, 15) is 14.4 Å². The van der Waals surface area contributed by atoms with Crippen LogP contribution in [0.1, 0.15) is 11.6 Å². The Morgan fingerprint density at radius 1 is 1.00 bits per heavy atom. The molecule has 2 aliphatic rings. The van der Waals surface area contributed by atoms with Gasteiger partial charge in [0.05, 0.1) is 39.9 Å². The highest BCUT2D eigenvalue weighted by molar-refractivity contribution is 6.38. The number of para-hydroxylation sites is 1.